The van der Waals surface area contributed by atoms with E-state index in [1.807, 2.05) is 31.2 Å². The van der Waals surface area contributed by atoms with Gasteiger partial charge >= 0.3 is 0 Å². The van der Waals surface area contributed by atoms with Crippen LogP contribution in [0.25, 0.3) is 0 Å². The van der Waals surface area contributed by atoms with E-state index in [-0.39, 0.29) is 11.9 Å². The van der Waals surface area contributed by atoms with Gasteiger partial charge in [0.1, 0.15) is 0 Å². The Labute approximate surface area is 112 Å². The van der Waals surface area contributed by atoms with Gasteiger partial charge in [-0.05, 0) is 24.6 Å². The molecule has 2 aromatic rings. The largest absolute Gasteiger partial charge is 0.399 e. The molecular formula is C14H18N4O. The van der Waals surface area contributed by atoms with E-state index in [1.54, 1.807) is 36.1 Å². The van der Waals surface area contributed by atoms with Crippen molar-refractivity contribution in [1.29, 1.82) is 0 Å². The third kappa shape index (κ3) is 2.76. The molecular weight excluding hydrogens is 240 g/mol. The highest BCUT2D eigenvalue weighted by atomic mass is 16.2. The molecule has 0 bridgehead atoms. The monoisotopic (exact) mass is 258 g/mol. The molecule has 1 amide bonds. The Morgan fingerprint density at radius 3 is 2.79 bits per heavy atom. The van der Waals surface area contributed by atoms with Crippen LogP contribution in [0.1, 0.15) is 28.9 Å². The number of aryl methyl sites for hydroxylation is 1. The van der Waals surface area contributed by atoms with Gasteiger partial charge in [-0.15, -0.1) is 0 Å². The first kappa shape index (κ1) is 13.1. The summed E-state index contributed by atoms with van der Waals surface area (Å²) in [5.74, 6) is -0.0528. The number of nitrogens with two attached hydrogens (primary N) is 1. The molecule has 2 rings (SSSR count). The van der Waals surface area contributed by atoms with Gasteiger partial charge in [-0.3, -0.25) is 9.48 Å². The van der Waals surface area contributed by atoms with Crippen molar-refractivity contribution in [3.8, 4) is 0 Å². The molecule has 1 aromatic carbocycles. The predicted octanol–water partition coefficient (Wildman–Crippen LogP) is 1.84. The molecule has 19 heavy (non-hydrogen) atoms. The molecule has 0 aliphatic rings. The zero-order valence-corrected chi connectivity index (χ0v) is 11.4. The summed E-state index contributed by atoms with van der Waals surface area (Å²) in [4.78, 5) is 14.0. The van der Waals surface area contributed by atoms with Crippen LogP contribution >= 0.6 is 0 Å². The Morgan fingerprint density at radius 1 is 1.47 bits per heavy atom. The summed E-state index contributed by atoms with van der Waals surface area (Å²) in [5.41, 5.74) is 8.07. The fourth-order valence-electron chi connectivity index (χ4n) is 1.95. The quantitative estimate of drug-likeness (QED) is 0.854. The minimum atomic E-state index is -0.0528. The summed E-state index contributed by atoms with van der Waals surface area (Å²) >= 11 is 0. The molecule has 1 aromatic heterocycles. The Morgan fingerprint density at radius 2 is 2.21 bits per heavy atom. The lowest BCUT2D eigenvalue weighted by molar-refractivity contribution is 0.0742. The van der Waals surface area contributed by atoms with Crippen LogP contribution in [0.3, 0.4) is 0 Å². The Hall–Kier alpha value is -2.30. The second kappa shape index (κ2) is 5.14. The van der Waals surface area contributed by atoms with Gasteiger partial charge in [-0.25, -0.2) is 0 Å². The summed E-state index contributed by atoms with van der Waals surface area (Å²) in [6.07, 6.45) is 3.29. The number of rotatable bonds is 3. The Balaban J connectivity index is 2.19. The van der Waals surface area contributed by atoms with Crippen LogP contribution in [0.4, 0.5) is 5.69 Å². The molecule has 5 nitrogen and oxygen atoms in total. The average molecular weight is 258 g/mol. The highest BCUT2D eigenvalue weighted by Crippen LogP contribution is 2.22. The molecule has 1 atom stereocenters. The molecule has 0 aliphatic carbocycles. The molecule has 100 valence electrons. The summed E-state index contributed by atoms with van der Waals surface area (Å²) in [7, 11) is 3.57. The number of aromatic nitrogens is 2. The second-order valence-corrected chi connectivity index (χ2v) is 4.66. The van der Waals surface area contributed by atoms with E-state index >= 15 is 0 Å². The second-order valence-electron chi connectivity index (χ2n) is 4.66. The van der Waals surface area contributed by atoms with Gasteiger partial charge < -0.3 is 10.6 Å². The third-order valence-electron chi connectivity index (χ3n) is 3.25. The minimum Gasteiger partial charge on any atom is -0.399 e. The average Bonchev–Trinajstić information content (AvgIpc) is 2.83. The summed E-state index contributed by atoms with van der Waals surface area (Å²) in [6.45, 7) is 1.98. The standard InChI is InChI=1S/C14H18N4O/c1-10(11-5-4-6-13(15)7-11)18(3)14(19)12-8-16-17(2)9-12/h4-10H,15H2,1-3H3. The topological polar surface area (TPSA) is 64.2 Å². The van der Waals surface area contributed by atoms with E-state index in [0.717, 1.165) is 5.56 Å². The Bertz CT molecular complexity index is 591. The van der Waals surface area contributed by atoms with Crippen molar-refractivity contribution in [1.82, 2.24) is 14.7 Å². The maximum Gasteiger partial charge on any atom is 0.257 e. The zero-order chi connectivity index (χ0) is 14.0. The SMILES string of the molecule is CC(c1cccc(N)c1)N(C)C(=O)c1cnn(C)c1. The van der Waals surface area contributed by atoms with Gasteiger partial charge in [0.2, 0.25) is 0 Å². The molecule has 1 heterocycles. The number of nitrogen functional groups attached to an aromatic ring is 1. The number of benzene rings is 1. The number of amides is 1. The first-order chi connectivity index (χ1) is 8.99. The van der Waals surface area contributed by atoms with Gasteiger partial charge in [0.25, 0.3) is 5.91 Å². The van der Waals surface area contributed by atoms with Crippen molar-refractivity contribution in [3.63, 3.8) is 0 Å². The molecule has 5 heteroatoms. The summed E-state index contributed by atoms with van der Waals surface area (Å²) < 4.78 is 1.62. The molecule has 0 radical (unpaired) electrons. The zero-order valence-electron chi connectivity index (χ0n) is 11.4. The molecule has 0 spiro atoms. The maximum absolute atomic E-state index is 12.3. The molecule has 0 saturated carbocycles. The van der Waals surface area contributed by atoms with Crippen LogP contribution in [0, 0.1) is 0 Å². The number of hydrogen-bond donors (Lipinski definition) is 1. The molecule has 0 aliphatic heterocycles. The smallest absolute Gasteiger partial charge is 0.257 e. The first-order valence-corrected chi connectivity index (χ1v) is 6.10. The molecule has 2 N–H and O–H groups in total. The van der Waals surface area contributed by atoms with Gasteiger partial charge in [-0.2, -0.15) is 5.10 Å². The van der Waals surface area contributed by atoms with E-state index < -0.39 is 0 Å². The molecule has 0 saturated heterocycles. The van der Waals surface area contributed by atoms with Gasteiger partial charge in [0, 0.05) is 26.0 Å². The highest BCUT2D eigenvalue weighted by Gasteiger charge is 2.19. The van der Waals surface area contributed by atoms with Crippen molar-refractivity contribution in [3.05, 3.63) is 47.8 Å². The number of carbonyl (C=O) groups is 1. The number of nitrogens with zero attached hydrogens (tertiary/aromatic N) is 3. The summed E-state index contributed by atoms with van der Waals surface area (Å²) in [5, 5.41) is 4.02. The van der Waals surface area contributed by atoms with Crippen molar-refractivity contribution in [2.45, 2.75) is 13.0 Å². The lowest BCUT2D eigenvalue weighted by Crippen LogP contribution is -2.29. The Kier molecular flexibility index (Phi) is 3.55. The van der Waals surface area contributed by atoms with Gasteiger partial charge in [0.05, 0.1) is 17.8 Å². The van der Waals surface area contributed by atoms with Crippen LogP contribution in [-0.2, 0) is 7.05 Å². The van der Waals surface area contributed by atoms with Crippen molar-refractivity contribution >= 4 is 11.6 Å². The van der Waals surface area contributed by atoms with E-state index in [0.29, 0.717) is 11.3 Å². The van der Waals surface area contributed by atoms with E-state index in [4.69, 9.17) is 5.73 Å². The first-order valence-electron chi connectivity index (χ1n) is 6.10. The molecule has 0 fully saturated rings. The molecule has 1 unspecified atom stereocenters. The van der Waals surface area contributed by atoms with Gasteiger partial charge in [0.15, 0.2) is 0 Å². The number of carbonyl (C=O) groups excluding carboxylic acids is 1. The summed E-state index contributed by atoms with van der Waals surface area (Å²) in [6, 6.07) is 7.53. The lowest BCUT2D eigenvalue weighted by Gasteiger charge is -2.25. The normalized spacial score (nSPS) is 12.2. The minimum absolute atomic E-state index is 0.0452. The number of anilines is 1. The van der Waals surface area contributed by atoms with Crippen molar-refractivity contribution in [2.75, 3.05) is 12.8 Å². The van der Waals surface area contributed by atoms with Crippen LogP contribution in [-0.4, -0.2) is 27.6 Å². The van der Waals surface area contributed by atoms with Crippen LogP contribution in [0.2, 0.25) is 0 Å². The lowest BCUT2D eigenvalue weighted by atomic mass is 10.1. The van der Waals surface area contributed by atoms with Crippen molar-refractivity contribution < 1.29 is 4.79 Å². The maximum atomic E-state index is 12.3. The third-order valence-corrected chi connectivity index (χ3v) is 3.25. The van der Waals surface area contributed by atoms with E-state index in [9.17, 15) is 4.79 Å². The fourth-order valence-corrected chi connectivity index (χ4v) is 1.95. The van der Waals surface area contributed by atoms with E-state index in [2.05, 4.69) is 5.10 Å². The highest BCUT2D eigenvalue weighted by molar-refractivity contribution is 5.93. The predicted molar refractivity (Wildman–Crippen MR) is 74.6 cm³/mol. The number of hydrogen-bond acceptors (Lipinski definition) is 3. The van der Waals surface area contributed by atoms with Gasteiger partial charge in [-0.1, -0.05) is 12.1 Å². The van der Waals surface area contributed by atoms with Crippen LogP contribution in [0.15, 0.2) is 36.7 Å². The van der Waals surface area contributed by atoms with Crippen molar-refractivity contribution in [2.24, 2.45) is 7.05 Å². The van der Waals surface area contributed by atoms with Crippen LogP contribution < -0.4 is 5.73 Å². The van der Waals surface area contributed by atoms with Crippen LogP contribution in [0.5, 0.6) is 0 Å². The fraction of sp³-hybridized carbons (Fsp3) is 0.286. The van der Waals surface area contributed by atoms with E-state index in [1.165, 1.54) is 0 Å².